The van der Waals surface area contributed by atoms with E-state index in [1.807, 2.05) is 36.4 Å². The molecule has 0 atom stereocenters. The lowest BCUT2D eigenvalue weighted by Crippen LogP contribution is -2.11. The zero-order valence-corrected chi connectivity index (χ0v) is 18.6. The van der Waals surface area contributed by atoms with E-state index in [9.17, 15) is 4.39 Å². The summed E-state index contributed by atoms with van der Waals surface area (Å²) in [6.07, 6.45) is 1.43. The van der Waals surface area contributed by atoms with Crippen molar-refractivity contribution in [3.8, 4) is 17.1 Å². The van der Waals surface area contributed by atoms with Crippen LogP contribution in [0.15, 0.2) is 83.4 Å². The molecule has 0 N–H and O–H groups in total. The van der Waals surface area contributed by atoms with Crippen molar-refractivity contribution in [2.24, 2.45) is 0 Å². The molecule has 0 aliphatic rings. The van der Waals surface area contributed by atoms with Gasteiger partial charge >= 0.3 is 0 Å². The highest BCUT2D eigenvalue weighted by Crippen LogP contribution is 2.37. The van der Waals surface area contributed by atoms with E-state index in [1.165, 1.54) is 17.8 Å². The average molecular weight is 436 g/mol. The van der Waals surface area contributed by atoms with Crippen LogP contribution in [-0.4, -0.2) is 14.5 Å². The molecular weight excluding hydrogens is 413 g/mol. The van der Waals surface area contributed by atoms with Crippen LogP contribution in [0, 0.1) is 5.95 Å². The largest absolute Gasteiger partial charge is 0.454 e. The summed E-state index contributed by atoms with van der Waals surface area (Å²) >= 11 is 0. The first kappa shape index (κ1) is 19.7. The van der Waals surface area contributed by atoms with E-state index < -0.39 is 5.95 Å². The van der Waals surface area contributed by atoms with Gasteiger partial charge in [-0.3, -0.25) is 4.57 Å². The SMILES string of the molecule is CC(C)(C)c1ccc(-n2c(-c3cccc4c3oc3cnc(F)cc34)nc3ccccc32)cc1. The van der Waals surface area contributed by atoms with Crippen LogP contribution in [0.4, 0.5) is 4.39 Å². The summed E-state index contributed by atoms with van der Waals surface area (Å²) in [7, 11) is 0. The number of rotatable bonds is 2. The van der Waals surface area contributed by atoms with Gasteiger partial charge in [0.25, 0.3) is 0 Å². The van der Waals surface area contributed by atoms with Crippen LogP contribution >= 0.6 is 0 Å². The minimum Gasteiger partial charge on any atom is -0.454 e. The number of nitrogens with zero attached hydrogens (tertiary/aromatic N) is 3. The second-order valence-corrected chi connectivity index (χ2v) is 9.34. The molecule has 0 unspecified atom stereocenters. The molecule has 0 amide bonds. The predicted molar refractivity (Wildman–Crippen MR) is 130 cm³/mol. The fourth-order valence-corrected chi connectivity index (χ4v) is 4.43. The number of fused-ring (bicyclic) bond motifs is 4. The number of aromatic nitrogens is 3. The molecule has 33 heavy (non-hydrogen) atoms. The molecule has 0 fully saturated rings. The Kier molecular flexibility index (Phi) is 4.18. The van der Waals surface area contributed by atoms with E-state index in [0.29, 0.717) is 16.6 Å². The zero-order chi connectivity index (χ0) is 22.7. The van der Waals surface area contributed by atoms with Crippen LogP contribution in [0.25, 0.3) is 50.0 Å². The molecule has 162 valence electrons. The molecule has 0 saturated carbocycles. The molecule has 3 aromatic heterocycles. The maximum atomic E-state index is 13.8. The second kappa shape index (κ2) is 7.01. The van der Waals surface area contributed by atoms with Gasteiger partial charge in [0.15, 0.2) is 5.58 Å². The Labute approximate surface area is 190 Å². The number of halogens is 1. The van der Waals surface area contributed by atoms with Crippen molar-refractivity contribution in [2.75, 3.05) is 0 Å². The predicted octanol–water partition coefficient (Wildman–Crippen LogP) is 7.42. The first-order valence-corrected chi connectivity index (χ1v) is 11.0. The summed E-state index contributed by atoms with van der Waals surface area (Å²) in [6, 6.07) is 24.0. The van der Waals surface area contributed by atoms with Crippen molar-refractivity contribution in [1.82, 2.24) is 14.5 Å². The van der Waals surface area contributed by atoms with E-state index in [2.05, 4.69) is 60.7 Å². The standard InChI is InChI=1S/C28H22FN3O/c1-28(2,3)17-11-13-18(14-12-17)32-23-10-5-4-9-22(23)31-27(32)20-8-6-7-19-21-15-25(29)30-16-24(21)33-26(19)20/h4-16H,1-3H3. The minimum atomic E-state index is -0.526. The number of furan rings is 1. The van der Waals surface area contributed by atoms with Gasteiger partial charge < -0.3 is 4.42 Å². The summed E-state index contributed by atoms with van der Waals surface area (Å²) in [5.41, 5.74) is 6.34. The third kappa shape index (κ3) is 3.11. The van der Waals surface area contributed by atoms with Crippen molar-refractivity contribution < 1.29 is 8.81 Å². The van der Waals surface area contributed by atoms with E-state index in [0.717, 1.165) is 33.5 Å². The Bertz CT molecular complexity index is 1650. The van der Waals surface area contributed by atoms with Gasteiger partial charge in [-0.1, -0.05) is 57.2 Å². The molecule has 4 nitrogen and oxygen atoms in total. The summed E-state index contributed by atoms with van der Waals surface area (Å²) < 4.78 is 22.2. The highest BCUT2D eigenvalue weighted by molar-refractivity contribution is 6.09. The van der Waals surface area contributed by atoms with Gasteiger partial charge in [0.1, 0.15) is 11.4 Å². The Hall–Kier alpha value is -3.99. The fourth-order valence-electron chi connectivity index (χ4n) is 4.43. The molecule has 5 heteroatoms. The van der Waals surface area contributed by atoms with Gasteiger partial charge in [-0.25, -0.2) is 9.97 Å². The lowest BCUT2D eigenvalue weighted by molar-refractivity contribution is 0.582. The van der Waals surface area contributed by atoms with Crippen molar-refractivity contribution >= 4 is 33.0 Å². The third-order valence-electron chi connectivity index (χ3n) is 6.14. The molecule has 0 aliphatic carbocycles. The van der Waals surface area contributed by atoms with E-state index in [4.69, 9.17) is 9.40 Å². The molecule has 6 aromatic rings. The quantitative estimate of drug-likeness (QED) is 0.266. The highest BCUT2D eigenvalue weighted by atomic mass is 19.1. The summed E-state index contributed by atoms with van der Waals surface area (Å²) in [5, 5.41) is 1.54. The number of para-hydroxylation sites is 3. The van der Waals surface area contributed by atoms with Crippen molar-refractivity contribution in [1.29, 1.82) is 0 Å². The summed E-state index contributed by atoms with van der Waals surface area (Å²) in [6.45, 7) is 6.63. The normalized spacial score (nSPS) is 12.2. The maximum Gasteiger partial charge on any atom is 0.213 e. The molecule has 6 rings (SSSR count). The van der Waals surface area contributed by atoms with Crippen molar-refractivity contribution in [3.05, 3.63) is 90.5 Å². The maximum absolute atomic E-state index is 13.8. The zero-order valence-electron chi connectivity index (χ0n) is 18.6. The Morgan fingerprint density at radius 3 is 2.45 bits per heavy atom. The molecule has 0 aliphatic heterocycles. The first-order chi connectivity index (χ1) is 15.9. The van der Waals surface area contributed by atoms with Gasteiger partial charge in [-0.2, -0.15) is 4.39 Å². The lowest BCUT2D eigenvalue weighted by atomic mass is 9.87. The third-order valence-corrected chi connectivity index (χ3v) is 6.14. The summed E-state index contributed by atoms with van der Waals surface area (Å²) in [4.78, 5) is 8.73. The van der Waals surface area contributed by atoms with Crippen LogP contribution < -0.4 is 0 Å². The molecule has 0 radical (unpaired) electrons. The average Bonchev–Trinajstić information content (AvgIpc) is 3.37. The molecular formula is C28H22FN3O. The van der Waals surface area contributed by atoms with E-state index >= 15 is 0 Å². The molecule has 3 aromatic carbocycles. The second-order valence-electron chi connectivity index (χ2n) is 9.34. The molecule has 0 saturated heterocycles. The van der Waals surface area contributed by atoms with E-state index in [-0.39, 0.29) is 5.41 Å². The lowest BCUT2D eigenvalue weighted by Gasteiger charge is -2.19. The minimum absolute atomic E-state index is 0.0710. The monoisotopic (exact) mass is 435 g/mol. The molecule has 3 heterocycles. The van der Waals surface area contributed by atoms with Gasteiger partial charge in [-0.05, 0) is 41.3 Å². The van der Waals surface area contributed by atoms with Gasteiger partial charge in [0, 0.05) is 22.5 Å². The van der Waals surface area contributed by atoms with Gasteiger partial charge in [-0.15, -0.1) is 0 Å². The Morgan fingerprint density at radius 1 is 0.879 bits per heavy atom. The number of benzene rings is 3. The van der Waals surface area contributed by atoms with Crippen LogP contribution in [-0.2, 0) is 5.41 Å². The van der Waals surface area contributed by atoms with E-state index in [1.54, 1.807) is 0 Å². The van der Waals surface area contributed by atoms with Crippen LogP contribution in [0.1, 0.15) is 26.3 Å². The van der Waals surface area contributed by atoms with Crippen molar-refractivity contribution in [2.45, 2.75) is 26.2 Å². The van der Waals surface area contributed by atoms with Crippen molar-refractivity contribution in [3.63, 3.8) is 0 Å². The summed E-state index contributed by atoms with van der Waals surface area (Å²) in [5.74, 6) is 0.250. The topological polar surface area (TPSA) is 43.9 Å². The Balaban J connectivity index is 1.64. The molecule has 0 bridgehead atoms. The smallest absolute Gasteiger partial charge is 0.213 e. The number of imidazole rings is 1. The van der Waals surface area contributed by atoms with Crippen LogP contribution in [0.5, 0.6) is 0 Å². The fraction of sp³-hybridized carbons (Fsp3) is 0.143. The van der Waals surface area contributed by atoms with Gasteiger partial charge in [0.2, 0.25) is 5.95 Å². The number of hydrogen-bond acceptors (Lipinski definition) is 3. The number of pyridine rings is 1. The van der Waals surface area contributed by atoms with Gasteiger partial charge in [0.05, 0.1) is 22.8 Å². The molecule has 0 spiro atoms. The highest BCUT2D eigenvalue weighted by Gasteiger charge is 2.20. The van der Waals surface area contributed by atoms with Crippen LogP contribution in [0.3, 0.4) is 0 Å². The number of hydrogen-bond donors (Lipinski definition) is 0. The van der Waals surface area contributed by atoms with Crippen LogP contribution in [0.2, 0.25) is 0 Å². The first-order valence-electron chi connectivity index (χ1n) is 11.0. The Morgan fingerprint density at radius 2 is 1.67 bits per heavy atom.